The Morgan fingerprint density at radius 2 is 1.78 bits per heavy atom. The van der Waals surface area contributed by atoms with Crippen molar-refractivity contribution >= 4 is 0 Å². The largest absolute Gasteiger partial charge is 0.491 e. The van der Waals surface area contributed by atoms with Crippen molar-refractivity contribution in [2.45, 2.75) is 32.8 Å². The van der Waals surface area contributed by atoms with E-state index >= 15 is 0 Å². The van der Waals surface area contributed by atoms with E-state index < -0.39 is 0 Å². The van der Waals surface area contributed by atoms with Crippen LogP contribution in [0.1, 0.15) is 19.4 Å². The molecule has 0 aliphatic rings. The number of hydrogen-bond acceptors (Lipinski definition) is 4. The fourth-order valence-corrected chi connectivity index (χ4v) is 1.61. The second-order valence-corrected chi connectivity index (χ2v) is 4.31. The third-order valence-corrected chi connectivity index (χ3v) is 2.49. The molecule has 0 aliphatic carbocycles. The summed E-state index contributed by atoms with van der Waals surface area (Å²) in [7, 11) is 3.26. The van der Waals surface area contributed by atoms with Crippen molar-refractivity contribution in [1.82, 2.24) is 5.32 Å². The molecule has 4 heteroatoms. The quantitative estimate of drug-likeness (QED) is 0.721. The molecule has 102 valence electrons. The molecule has 0 unspecified atom stereocenters. The first kappa shape index (κ1) is 15.0. The number of hydrogen-bond donors (Lipinski definition) is 1. The highest BCUT2D eigenvalue weighted by Gasteiger charge is 2.07. The van der Waals surface area contributed by atoms with Crippen LogP contribution in [0.25, 0.3) is 0 Å². The molecule has 1 aromatic carbocycles. The highest BCUT2D eigenvalue weighted by molar-refractivity contribution is 5.33. The van der Waals surface area contributed by atoms with Gasteiger partial charge in [0.2, 0.25) is 0 Å². The molecule has 0 heterocycles. The van der Waals surface area contributed by atoms with Gasteiger partial charge in [0.1, 0.15) is 5.75 Å². The summed E-state index contributed by atoms with van der Waals surface area (Å²) in [4.78, 5) is 0. The first-order valence-electron chi connectivity index (χ1n) is 6.18. The number of para-hydroxylation sites is 1. The Kier molecular flexibility index (Phi) is 6.72. The van der Waals surface area contributed by atoms with Crippen molar-refractivity contribution in [3.8, 4) is 5.75 Å². The van der Waals surface area contributed by atoms with E-state index in [1.807, 2.05) is 32.0 Å². The molecule has 4 nitrogen and oxygen atoms in total. The predicted octanol–water partition coefficient (Wildman–Crippen LogP) is 2.18. The molecule has 0 bridgehead atoms. The lowest BCUT2D eigenvalue weighted by molar-refractivity contribution is -0.0989. The van der Waals surface area contributed by atoms with Crippen molar-refractivity contribution in [2.24, 2.45) is 0 Å². The van der Waals surface area contributed by atoms with Gasteiger partial charge in [-0.1, -0.05) is 18.2 Å². The van der Waals surface area contributed by atoms with Gasteiger partial charge in [-0.3, -0.25) is 0 Å². The van der Waals surface area contributed by atoms with Crippen LogP contribution in [0.3, 0.4) is 0 Å². The molecule has 0 fully saturated rings. The van der Waals surface area contributed by atoms with E-state index in [1.165, 1.54) is 0 Å². The summed E-state index contributed by atoms with van der Waals surface area (Å²) in [6, 6.07) is 8.03. The van der Waals surface area contributed by atoms with Crippen molar-refractivity contribution in [3.05, 3.63) is 29.8 Å². The third-order valence-electron chi connectivity index (χ3n) is 2.49. The standard InChI is InChI=1S/C14H23NO3/c1-11(2)18-13-8-6-5-7-12(13)9-15-10-14(16-3)17-4/h5-8,11,14-15H,9-10H2,1-4H3. The average molecular weight is 253 g/mol. The number of nitrogens with one attached hydrogen (secondary N) is 1. The van der Waals surface area contributed by atoms with Crippen molar-refractivity contribution in [1.29, 1.82) is 0 Å². The molecular weight excluding hydrogens is 230 g/mol. The second kappa shape index (κ2) is 8.08. The van der Waals surface area contributed by atoms with Crippen LogP contribution in [0.15, 0.2) is 24.3 Å². The van der Waals surface area contributed by atoms with E-state index in [2.05, 4.69) is 11.4 Å². The third kappa shape index (κ3) is 5.04. The van der Waals surface area contributed by atoms with E-state index in [4.69, 9.17) is 14.2 Å². The zero-order chi connectivity index (χ0) is 13.4. The Morgan fingerprint density at radius 1 is 1.11 bits per heavy atom. The maximum absolute atomic E-state index is 5.75. The molecule has 0 aliphatic heterocycles. The van der Waals surface area contributed by atoms with E-state index in [9.17, 15) is 0 Å². The molecule has 0 radical (unpaired) electrons. The van der Waals surface area contributed by atoms with E-state index in [0.29, 0.717) is 6.54 Å². The molecule has 0 spiro atoms. The SMILES string of the molecule is COC(CNCc1ccccc1OC(C)C)OC. The van der Waals surface area contributed by atoms with Crippen molar-refractivity contribution < 1.29 is 14.2 Å². The van der Waals surface area contributed by atoms with Crippen LogP contribution in [0.4, 0.5) is 0 Å². The fourth-order valence-electron chi connectivity index (χ4n) is 1.61. The molecule has 0 saturated carbocycles. The highest BCUT2D eigenvalue weighted by Crippen LogP contribution is 2.19. The van der Waals surface area contributed by atoms with E-state index in [0.717, 1.165) is 17.9 Å². The number of benzene rings is 1. The minimum Gasteiger partial charge on any atom is -0.491 e. The summed E-state index contributed by atoms with van der Waals surface area (Å²) >= 11 is 0. The van der Waals surface area contributed by atoms with Gasteiger partial charge >= 0.3 is 0 Å². The summed E-state index contributed by atoms with van der Waals surface area (Å²) in [5.74, 6) is 0.923. The smallest absolute Gasteiger partial charge is 0.169 e. The summed E-state index contributed by atoms with van der Waals surface area (Å²) in [6.07, 6.45) is -0.0416. The van der Waals surface area contributed by atoms with Crippen LogP contribution in [-0.4, -0.2) is 33.2 Å². The van der Waals surface area contributed by atoms with Gasteiger partial charge in [-0.15, -0.1) is 0 Å². The molecule has 0 amide bonds. The lowest BCUT2D eigenvalue weighted by Gasteiger charge is -2.17. The number of methoxy groups -OCH3 is 2. The maximum Gasteiger partial charge on any atom is 0.169 e. The van der Waals surface area contributed by atoms with Crippen LogP contribution in [0.2, 0.25) is 0 Å². The molecule has 0 saturated heterocycles. The Labute approximate surface area is 109 Å². The van der Waals surface area contributed by atoms with Crippen LogP contribution in [0.5, 0.6) is 5.75 Å². The minimum atomic E-state index is -0.219. The zero-order valence-corrected chi connectivity index (χ0v) is 11.6. The molecule has 1 rings (SSSR count). The van der Waals surface area contributed by atoms with Crippen molar-refractivity contribution in [3.63, 3.8) is 0 Å². The number of rotatable bonds is 8. The van der Waals surface area contributed by atoms with Gasteiger partial charge in [-0.05, 0) is 19.9 Å². The van der Waals surface area contributed by atoms with Crippen LogP contribution >= 0.6 is 0 Å². The van der Waals surface area contributed by atoms with Crippen LogP contribution < -0.4 is 10.1 Å². The van der Waals surface area contributed by atoms with Gasteiger partial charge in [-0.25, -0.2) is 0 Å². The molecule has 1 N–H and O–H groups in total. The summed E-state index contributed by atoms with van der Waals surface area (Å²) in [5.41, 5.74) is 1.14. The summed E-state index contributed by atoms with van der Waals surface area (Å²) < 4.78 is 16.0. The molecule has 0 atom stereocenters. The van der Waals surface area contributed by atoms with Gasteiger partial charge in [-0.2, -0.15) is 0 Å². The van der Waals surface area contributed by atoms with Gasteiger partial charge in [0.15, 0.2) is 6.29 Å². The van der Waals surface area contributed by atoms with Gasteiger partial charge in [0, 0.05) is 32.9 Å². The highest BCUT2D eigenvalue weighted by atomic mass is 16.7. The molecule has 0 aromatic heterocycles. The first-order chi connectivity index (χ1) is 8.67. The summed E-state index contributed by atoms with van der Waals surface area (Å²) in [5, 5.41) is 3.29. The molecule has 18 heavy (non-hydrogen) atoms. The van der Waals surface area contributed by atoms with E-state index in [1.54, 1.807) is 14.2 Å². The zero-order valence-electron chi connectivity index (χ0n) is 11.6. The topological polar surface area (TPSA) is 39.7 Å². The molecular formula is C14H23NO3. The fraction of sp³-hybridized carbons (Fsp3) is 0.571. The van der Waals surface area contributed by atoms with E-state index in [-0.39, 0.29) is 12.4 Å². The second-order valence-electron chi connectivity index (χ2n) is 4.31. The first-order valence-corrected chi connectivity index (χ1v) is 6.18. The lowest BCUT2D eigenvalue weighted by Crippen LogP contribution is -2.29. The Bertz CT molecular complexity index is 338. The van der Waals surface area contributed by atoms with Crippen LogP contribution in [-0.2, 0) is 16.0 Å². The van der Waals surface area contributed by atoms with Crippen LogP contribution in [0, 0.1) is 0 Å². The minimum absolute atomic E-state index is 0.178. The molecule has 1 aromatic rings. The monoisotopic (exact) mass is 253 g/mol. The Hall–Kier alpha value is -1.10. The van der Waals surface area contributed by atoms with Crippen molar-refractivity contribution in [2.75, 3.05) is 20.8 Å². The van der Waals surface area contributed by atoms with Gasteiger partial charge < -0.3 is 19.5 Å². The normalized spacial score (nSPS) is 11.2. The Balaban J connectivity index is 2.50. The maximum atomic E-state index is 5.75. The van der Waals surface area contributed by atoms with Gasteiger partial charge in [0.25, 0.3) is 0 Å². The number of ether oxygens (including phenoxy) is 3. The lowest BCUT2D eigenvalue weighted by atomic mass is 10.2. The summed E-state index contributed by atoms with van der Waals surface area (Å²) in [6.45, 7) is 5.42. The Morgan fingerprint density at radius 3 is 2.39 bits per heavy atom. The van der Waals surface area contributed by atoms with Gasteiger partial charge in [0.05, 0.1) is 6.10 Å². The predicted molar refractivity (Wildman–Crippen MR) is 71.7 cm³/mol. The average Bonchev–Trinajstić information content (AvgIpc) is 2.36.